The Labute approximate surface area is 106 Å². The summed E-state index contributed by atoms with van der Waals surface area (Å²) in [6, 6.07) is 6.43. The number of nitrogens with one attached hydrogen (secondary N) is 1. The lowest BCUT2D eigenvalue weighted by Gasteiger charge is -2.31. The fourth-order valence-corrected chi connectivity index (χ4v) is 2.35. The van der Waals surface area contributed by atoms with Gasteiger partial charge in [-0.05, 0) is 36.1 Å². The average Bonchev–Trinajstić information content (AvgIpc) is 2.71. The summed E-state index contributed by atoms with van der Waals surface area (Å²) in [5.74, 6) is -0.224. The first-order valence-corrected chi connectivity index (χ1v) is 6.12. The fraction of sp³-hybridized carbons (Fsp3) is 0.357. The largest absolute Gasteiger partial charge is 0.382 e. The Morgan fingerprint density at radius 1 is 1.28 bits per heavy atom. The number of fused-ring (bicyclic) bond motifs is 1. The Morgan fingerprint density at radius 2 is 2.00 bits per heavy atom. The van der Waals surface area contributed by atoms with Gasteiger partial charge < -0.3 is 5.32 Å². The molecule has 0 fully saturated rings. The summed E-state index contributed by atoms with van der Waals surface area (Å²) in [5, 5.41) is 7.79. The predicted molar refractivity (Wildman–Crippen MR) is 69.5 cm³/mol. The van der Waals surface area contributed by atoms with E-state index in [2.05, 4.69) is 24.3 Å². The average molecular weight is 245 g/mol. The van der Waals surface area contributed by atoms with Crippen molar-refractivity contribution in [3.63, 3.8) is 0 Å². The van der Waals surface area contributed by atoms with E-state index in [0.29, 0.717) is 0 Å². The van der Waals surface area contributed by atoms with Gasteiger partial charge in [0.2, 0.25) is 0 Å². The minimum atomic E-state index is -0.224. The standard InChI is InChI=1S/C14H16FN3/c1-14(2)7-13-12(16-9-14)8-17-18(13)11-5-3-10(15)4-6-11/h3-6,8,16H,7,9H2,1-2H3. The highest BCUT2D eigenvalue weighted by molar-refractivity contribution is 5.52. The van der Waals surface area contributed by atoms with E-state index in [0.717, 1.165) is 30.0 Å². The summed E-state index contributed by atoms with van der Waals surface area (Å²) in [6.45, 7) is 5.41. The number of nitrogens with zero attached hydrogens (tertiary/aromatic N) is 2. The summed E-state index contributed by atoms with van der Waals surface area (Å²) in [5.41, 5.74) is 3.36. The number of hydrogen-bond donors (Lipinski definition) is 1. The zero-order chi connectivity index (χ0) is 12.8. The van der Waals surface area contributed by atoms with Crippen molar-refractivity contribution in [1.29, 1.82) is 0 Å². The predicted octanol–water partition coefficient (Wildman–Crippen LogP) is 3.01. The SMILES string of the molecule is CC1(C)CNc2cnn(-c3ccc(F)cc3)c2C1. The van der Waals surface area contributed by atoms with Gasteiger partial charge >= 0.3 is 0 Å². The molecule has 94 valence electrons. The van der Waals surface area contributed by atoms with E-state index < -0.39 is 0 Å². The van der Waals surface area contributed by atoms with Crippen LogP contribution in [0.1, 0.15) is 19.5 Å². The molecule has 2 heterocycles. The quantitative estimate of drug-likeness (QED) is 0.837. The van der Waals surface area contributed by atoms with E-state index in [1.165, 1.54) is 12.1 Å². The van der Waals surface area contributed by atoms with Crippen molar-refractivity contribution in [1.82, 2.24) is 9.78 Å². The first kappa shape index (κ1) is 11.3. The molecule has 0 bridgehead atoms. The molecular formula is C14H16FN3. The maximum atomic E-state index is 12.9. The zero-order valence-electron chi connectivity index (χ0n) is 10.6. The van der Waals surface area contributed by atoms with Crippen LogP contribution in [0.4, 0.5) is 10.1 Å². The maximum Gasteiger partial charge on any atom is 0.123 e. The molecular weight excluding hydrogens is 229 g/mol. The van der Waals surface area contributed by atoms with Gasteiger partial charge in [0.05, 0.1) is 23.3 Å². The van der Waals surface area contributed by atoms with E-state index >= 15 is 0 Å². The number of rotatable bonds is 1. The molecule has 1 aliphatic heterocycles. The van der Waals surface area contributed by atoms with Gasteiger partial charge in [0, 0.05) is 6.54 Å². The second-order valence-electron chi connectivity index (χ2n) is 5.59. The normalized spacial score (nSPS) is 17.1. The van der Waals surface area contributed by atoms with Crippen LogP contribution in [0.5, 0.6) is 0 Å². The Morgan fingerprint density at radius 3 is 2.72 bits per heavy atom. The van der Waals surface area contributed by atoms with Crippen LogP contribution in [0.2, 0.25) is 0 Å². The molecule has 0 atom stereocenters. The number of halogens is 1. The van der Waals surface area contributed by atoms with Crippen LogP contribution in [-0.2, 0) is 6.42 Å². The van der Waals surface area contributed by atoms with Crippen LogP contribution in [0.15, 0.2) is 30.5 Å². The molecule has 1 aromatic heterocycles. The van der Waals surface area contributed by atoms with Crippen molar-refractivity contribution in [2.24, 2.45) is 5.41 Å². The van der Waals surface area contributed by atoms with Crippen LogP contribution in [0.25, 0.3) is 5.69 Å². The lowest BCUT2D eigenvalue weighted by molar-refractivity contribution is 0.371. The highest BCUT2D eigenvalue weighted by Gasteiger charge is 2.28. The van der Waals surface area contributed by atoms with Crippen molar-refractivity contribution in [3.05, 3.63) is 42.0 Å². The van der Waals surface area contributed by atoms with Crippen molar-refractivity contribution < 1.29 is 4.39 Å². The maximum absolute atomic E-state index is 12.9. The molecule has 3 nitrogen and oxygen atoms in total. The molecule has 2 aromatic rings. The molecule has 0 spiro atoms. The molecule has 0 aliphatic carbocycles. The van der Waals surface area contributed by atoms with Crippen LogP contribution in [-0.4, -0.2) is 16.3 Å². The van der Waals surface area contributed by atoms with Crippen LogP contribution >= 0.6 is 0 Å². The van der Waals surface area contributed by atoms with Crippen LogP contribution in [0, 0.1) is 11.2 Å². The Hall–Kier alpha value is -1.84. The molecule has 3 rings (SSSR count). The fourth-order valence-electron chi connectivity index (χ4n) is 2.35. The minimum Gasteiger partial charge on any atom is -0.382 e. The molecule has 1 N–H and O–H groups in total. The van der Waals surface area contributed by atoms with E-state index in [-0.39, 0.29) is 11.2 Å². The Bertz CT molecular complexity index is 569. The van der Waals surface area contributed by atoms with Crippen molar-refractivity contribution in [3.8, 4) is 5.69 Å². The van der Waals surface area contributed by atoms with E-state index in [9.17, 15) is 4.39 Å². The third-order valence-corrected chi connectivity index (χ3v) is 3.34. The molecule has 0 saturated carbocycles. The number of anilines is 1. The molecule has 1 aromatic carbocycles. The lowest BCUT2D eigenvalue weighted by Crippen LogP contribution is -2.31. The number of benzene rings is 1. The highest BCUT2D eigenvalue weighted by atomic mass is 19.1. The van der Waals surface area contributed by atoms with Gasteiger partial charge in [0.1, 0.15) is 5.82 Å². The molecule has 4 heteroatoms. The molecule has 0 amide bonds. The second kappa shape index (κ2) is 3.83. The molecule has 1 aliphatic rings. The first-order chi connectivity index (χ1) is 8.55. The summed E-state index contributed by atoms with van der Waals surface area (Å²) < 4.78 is 14.8. The Kier molecular flexibility index (Phi) is 2.40. The second-order valence-corrected chi connectivity index (χ2v) is 5.59. The van der Waals surface area contributed by atoms with Crippen molar-refractivity contribution >= 4 is 5.69 Å². The highest BCUT2D eigenvalue weighted by Crippen LogP contribution is 2.33. The zero-order valence-corrected chi connectivity index (χ0v) is 10.6. The van der Waals surface area contributed by atoms with Gasteiger partial charge in [0.25, 0.3) is 0 Å². The molecule has 18 heavy (non-hydrogen) atoms. The summed E-state index contributed by atoms with van der Waals surface area (Å²) in [6.07, 6.45) is 2.81. The van der Waals surface area contributed by atoms with Crippen molar-refractivity contribution in [2.75, 3.05) is 11.9 Å². The topological polar surface area (TPSA) is 29.9 Å². The third-order valence-electron chi connectivity index (χ3n) is 3.34. The molecule has 0 unspecified atom stereocenters. The van der Waals surface area contributed by atoms with Gasteiger partial charge in [-0.25, -0.2) is 9.07 Å². The van der Waals surface area contributed by atoms with Gasteiger partial charge in [-0.3, -0.25) is 0 Å². The lowest BCUT2D eigenvalue weighted by atomic mass is 9.85. The van der Waals surface area contributed by atoms with E-state index in [1.54, 1.807) is 12.1 Å². The summed E-state index contributed by atoms with van der Waals surface area (Å²) in [4.78, 5) is 0. The monoisotopic (exact) mass is 245 g/mol. The minimum absolute atomic E-state index is 0.213. The molecule has 0 saturated heterocycles. The van der Waals surface area contributed by atoms with E-state index in [4.69, 9.17) is 0 Å². The van der Waals surface area contributed by atoms with Gasteiger partial charge in [-0.15, -0.1) is 0 Å². The summed E-state index contributed by atoms with van der Waals surface area (Å²) >= 11 is 0. The smallest absolute Gasteiger partial charge is 0.123 e. The van der Waals surface area contributed by atoms with Crippen LogP contribution in [0.3, 0.4) is 0 Å². The number of hydrogen-bond acceptors (Lipinski definition) is 2. The van der Waals surface area contributed by atoms with Crippen molar-refractivity contribution in [2.45, 2.75) is 20.3 Å². The van der Waals surface area contributed by atoms with Gasteiger partial charge in [-0.1, -0.05) is 13.8 Å². The number of aromatic nitrogens is 2. The van der Waals surface area contributed by atoms with E-state index in [1.807, 2.05) is 10.9 Å². The van der Waals surface area contributed by atoms with Gasteiger partial charge in [0.15, 0.2) is 0 Å². The molecule has 0 radical (unpaired) electrons. The first-order valence-electron chi connectivity index (χ1n) is 6.12. The van der Waals surface area contributed by atoms with Crippen LogP contribution < -0.4 is 5.32 Å². The third kappa shape index (κ3) is 1.88. The van der Waals surface area contributed by atoms with Gasteiger partial charge in [-0.2, -0.15) is 5.10 Å². The summed E-state index contributed by atoms with van der Waals surface area (Å²) in [7, 11) is 0. The Balaban J connectivity index is 2.04.